The smallest absolute Gasteiger partial charge is 0.303 e. The van der Waals surface area contributed by atoms with E-state index in [0.29, 0.717) is 18.0 Å². The lowest BCUT2D eigenvalue weighted by Crippen LogP contribution is -2.25. The summed E-state index contributed by atoms with van der Waals surface area (Å²) in [5.41, 5.74) is -0.0318. The van der Waals surface area contributed by atoms with Gasteiger partial charge in [0.2, 0.25) is 5.91 Å². The molecule has 1 aromatic carbocycles. The highest BCUT2D eigenvalue weighted by atomic mass is 79.9. The average Bonchev–Trinajstić information content (AvgIpc) is 2.30. The number of carboxylic acid groups (broad SMARTS) is 1. The van der Waals surface area contributed by atoms with Gasteiger partial charge in [-0.2, -0.15) is 0 Å². The fourth-order valence-electron chi connectivity index (χ4n) is 1.98. The maximum Gasteiger partial charge on any atom is 0.303 e. The number of nitrogens with one attached hydrogen (secondary N) is 1. The van der Waals surface area contributed by atoms with Gasteiger partial charge in [0, 0.05) is 10.9 Å². The Morgan fingerprint density at radius 3 is 2.57 bits per heavy atom. The van der Waals surface area contributed by atoms with Crippen LogP contribution in [0.15, 0.2) is 22.7 Å². The number of aliphatic carboxylic acids is 1. The van der Waals surface area contributed by atoms with Gasteiger partial charge in [0.25, 0.3) is 0 Å². The first-order valence-electron chi connectivity index (χ1n) is 6.67. The predicted molar refractivity (Wildman–Crippen MR) is 84.6 cm³/mol. The number of hydrogen-bond donors (Lipinski definition) is 2. The van der Waals surface area contributed by atoms with E-state index in [1.165, 1.54) is 0 Å². The van der Waals surface area contributed by atoms with Crippen LogP contribution in [-0.2, 0) is 9.59 Å². The second-order valence-corrected chi connectivity index (χ2v) is 6.45. The Morgan fingerprint density at radius 1 is 1.33 bits per heavy atom. The van der Waals surface area contributed by atoms with Gasteiger partial charge in [-0.3, -0.25) is 9.59 Å². The molecule has 0 aliphatic heterocycles. The number of carboxylic acids is 1. The van der Waals surface area contributed by atoms with Crippen molar-refractivity contribution in [2.24, 2.45) is 5.41 Å². The number of ether oxygens (including phenoxy) is 1. The Kier molecular flexibility index (Phi) is 6.20. The van der Waals surface area contributed by atoms with Crippen molar-refractivity contribution in [1.82, 2.24) is 0 Å². The number of carbonyl (C=O) groups excluding carboxylic acids is 1. The molecule has 0 aliphatic carbocycles. The second kappa shape index (κ2) is 7.45. The van der Waals surface area contributed by atoms with Crippen LogP contribution in [0.3, 0.4) is 0 Å². The van der Waals surface area contributed by atoms with Gasteiger partial charge in [0.15, 0.2) is 0 Å². The quantitative estimate of drug-likeness (QED) is 0.780. The van der Waals surface area contributed by atoms with Crippen LogP contribution < -0.4 is 10.1 Å². The van der Waals surface area contributed by atoms with E-state index in [4.69, 9.17) is 9.84 Å². The van der Waals surface area contributed by atoms with E-state index in [2.05, 4.69) is 21.2 Å². The standard InChI is InChI=1S/C15H20BrNO4/c1-4-21-12-6-5-10(16)7-11(12)17-13(18)8-15(2,3)9-14(19)20/h5-7H,4,8-9H2,1-3H3,(H,17,18)(H,19,20). The van der Waals surface area contributed by atoms with Crippen molar-refractivity contribution in [3.05, 3.63) is 22.7 Å². The second-order valence-electron chi connectivity index (χ2n) is 5.53. The SMILES string of the molecule is CCOc1ccc(Br)cc1NC(=O)CC(C)(C)CC(=O)O. The van der Waals surface area contributed by atoms with Gasteiger partial charge in [-0.25, -0.2) is 0 Å². The summed E-state index contributed by atoms with van der Waals surface area (Å²) in [6.45, 7) is 5.87. The summed E-state index contributed by atoms with van der Waals surface area (Å²) in [5, 5.41) is 11.6. The summed E-state index contributed by atoms with van der Waals surface area (Å²) in [4.78, 5) is 22.9. The average molecular weight is 358 g/mol. The molecule has 21 heavy (non-hydrogen) atoms. The molecule has 0 aromatic heterocycles. The minimum atomic E-state index is -0.912. The van der Waals surface area contributed by atoms with E-state index in [9.17, 15) is 9.59 Å². The van der Waals surface area contributed by atoms with Crippen LogP contribution in [0.25, 0.3) is 0 Å². The third kappa shape index (κ3) is 6.16. The molecular formula is C15H20BrNO4. The van der Waals surface area contributed by atoms with Gasteiger partial charge in [-0.05, 0) is 30.5 Å². The highest BCUT2D eigenvalue weighted by Gasteiger charge is 2.25. The summed E-state index contributed by atoms with van der Waals surface area (Å²) in [7, 11) is 0. The minimum absolute atomic E-state index is 0.0583. The monoisotopic (exact) mass is 357 g/mol. The van der Waals surface area contributed by atoms with Crippen molar-refractivity contribution >= 4 is 33.5 Å². The number of carbonyl (C=O) groups is 2. The molecular weight excluding hydrogens is 338 g/mol. The molecule has 0 bridgehead atoms. The molecule has 0 atom stereocenters. The Balaban J connectivity index is 2.78. The van der Waals surface area contributed by atoms with Crippen molar-refractivity contribution in [3.63, 3.8) is 0 Å². The molecule has 1 aromatic rings. The lowest BCUT2D eigenvalue weighted by Gasteiger charge is -2.22. The fourth-order valence-corrected chi connectivity index (χ4v) is 2.34. The van der Waals surface area contributed by atoms with Gasteiger partial charge >= 0.3 is 5.97 Å². The van der Waals surface area contributed by atoms with Crippen LogP contribution in [0.5, 0.6) is 5.75 Å². The first-order valence-corrected chi connectivity index (χ1v) is 7.47. The zero-order chi connectivity index (χ0) is 16.0. The van der Waals surface area contributed by atoms with E-state index in [0.717, 1.165) is 4.47 Å². The van der Waals surface area contributed by atoms with Gasteiger partial charge < -0.3 is 15.2 Å². The molecule has 1 amide bonds. The van der Waals surface area contributed by atoms with Crippen molar-refractivity contribution in [2.45, 2.75) is 33.6 Å². The molecule has 0 saturated heterocycles. The van der Waals surface area contributed by atoms with Crippen LogP contribution in [-0.4, -0.2) is 23.6 Å². The number of hydrogen-bond acceptors (Lipinski definition) is 3. The summed E-state index contributed by atoms with van der Waals surface area (Å²) in [6.07, 6.45) is 0.0641. The van der Waals surface area contributed by atoms with E-state index < -0.39 is 11.4 Å². The van der Waals surface area contributed by atoms with Crippen LogP contribution in [0.4, 0.5) is 5.69 Å². The van der Waals surface area contributed by atoms with Crippen LogP contribution in [0, 0.1) is 5.41 Å². The topological polar surface area (TPSA) is 75.6 Å². The van der Waals surface area contributed by atoms with Gasteiger partial charge in [0.05, 0.1) is 18.7 Å². The Labute approximate surface area is 132 Å². The summed E-state index contributed by atoms with van der Waals surface area (Å²) >= 11 is 3.35. The van der Waals surface area contributed by atoms with Crippen molar-refractivity contribution in [3.8, 4) is 5.75 Å². The number of halogens is 1. The molecule has 116 valence electrons. The number of anilines is 1. The Hall–Kier alpha value is -1.56. The van der Waals surface area contributed by atoms with Crippen molar-refractivity contribution < 1.29 is 19.4 Å². The first-order chi connectivity index (χ1) is 9.73. The summed E-state index contributed by atoms with van der Waals surface area (Å²) < 4.78 is 6.28. The fraction of sp³-hybridized carbons (Fsp3) is 0.467. The van der Waals surface area contributed by atoms with Crippen molar-refractivity contribution in [2.75, 3.05) is 11.9 Å². The van der Waals surface area contributed by atoms with E-state index in [1.807, 2.05) is 13.0 Å². The summed E-state index contributed by atoms with van der Waals surface area (Å²) in [6, 6.07) is 5.35. The summed E-state index contributed by atoms with van der Waals surface area (Å²) in [5.74, 6) is -0.560. The molecule has 1 rings (SSSR count). The van der Waals surface area contributed by atoms with E-state index in [-0.39, 0.29) is 18.7 Å². The predicted octanol–water partition coefficient (Wildman–Crippen LogP) is 3.68. The van der Waals surface area contributed by atoms with Crippen LogP contribution in [0.2, 0.25) is 0 Å². The molecule has 2 N–H and O–H groups in total. The molecule has 0 unspecified atom stereocenters. The maximum absolute atomic E-state index is 12.1. The molecule has 0 aliphatic rings. The van der Waals surface area contributed by atoms with Crippen molar-refractivity contribution in [1.29, 1.82) is 0 Å². The Morgan fingerprint density at radius 2 is 2.00 bits per heavy atom. The molecule has 0 heterocycles. The number of benzene rings is 1. The number of amides is 1. The highest BCUT2D eigenvalue weighted by Crippen LogP contribution is 2.30. The van der Waals surface area contributed by atoms with Crippen LogP contribution >= 0.6 is 15.9 Å². The van der Waals surface area contributed by atoms with Gasteiger partial charge in [-0.15, -0.1) is 0 Å². The lowest BCUT2D eigenvalue weighted by molar-refractivity contribution is -0.139. The third-order valence-corrected chi connectivity index (χ3v) is 3.28. The molecule has 0 saturated carbocycles. The Bertz CT molecular complexity index is 528. The van der Waals surface area contributed by atoms with Crippen LogP contribution in [0.1, 0.15) is 33.6 Å². The lowest BCUT2D eigenvalue weighted by atomic mass is 9.85. The largest absolute Gasteiger partial charge is 0.492 e. The third-order valence-electron chi connectivity index (χ3n) is 2.78. The normalized spacial score (nSPS) is 11.0. The highest BCUT2D eigenvalue weighted by molar-refractivity contribution is 9.10. The molecule has 6 heteroatoms. The zero-order valence-corrected chi connectivity index (χ0v) is 14.0. The molecule has 5 nitrogen and oxygen atoms in total. The minimum Gasteiger partial charge on any atom is -0.492 e. The molecule has 0 fully saturated rings. The molecule has 0 spiro atoms. The number of rotatable bonds is 7. The van der Waals surface area contributed by atoms with E-state index >= 15 is 0 Å². The maximum atomic E-state index is 12.1. The molecule has 0 radical (unpaired) electrons. The van der Waals surface area contributed by atoms with E-state index in [1.54, 1.807) is 26.0 Å². The first kappa shape index (κ1) is 17.5. The van der Waals surface area contributed by atoms with Gasteiger partial charge in [-0.1, -0.05) is 29.8 Å². The zero-order valence-electron chi connectivity index (χ0n) is 12.4. The van der Waals surface area contributed by atoms with Gasteiger partial charge in [0.1, 0.15) is 5.75 Å².